The summed E-state index contributed by atoms with van der Waals surface area (Å²) in [6.45, 7) is 8.73. The number of likely N-dealkylation sites (N-methyl/N-ethyl adjacent to an activating group) is 1. The molecule has 1 aliphatic heterocycles. The average Bonchev–Trinajstić information content (AvgIpc) is 2.42. The molecule has 3 heteroatoms. The standard InChI is InChI=1S/C16H27N3/c1-4-15-12-19(11-10-18(15)3)13-16(2,17)14-8-6-5-7-9-14/h5-9,15H,4,10-13,17H2,1-3H3. The molecule has 0 bridgehead atoms. The summed E-state index contributed by atoms with van der Waals surface area (Å²) < 4.78 is 0. The molecule has 0 aliphatic carbocycles. The highest BCUT2D eigenvalue weighted by Gasteiger charge is 2.29. The average molecular weight is 261 g/mol. The van der Waals surface area contributed by atoms with E-state index in [2.05, 4.69) is 55.0 Å². The Morgan fingerprint density at radius 3 is 2.58 bits per heavy atom. The third-order valence-corrected chi connectivity index (χ3v) is 4.32. The van der Waals surface area contributed by atoms with Gasteiger partial charge in [0.25, 0.3) is 0 Å². The second-order valence-corrected chi connectivity index (χ2v) is 6.06. The fourth-order valence-corrected chi connectivity index (χ4v) is 2.97. The lowest BCUT2D eigenvalue weighted by Gasteiger charge is -2.42. The molecule has 2 rings (SSSR count). The minimum Gasteiger partial charge on any atom is -0.321 e. The van der Waals surface area contributed by atoms with Gasteiger partial charge in [-0.15, -0.1) is 0 Å². The smallest absolute Gasteiger partial charge is 0.0509 e. The molecule has 1 aliphatic rings. The van der Waals surface area contributed by atoms with Gasteiger partial charge in [-0.25, -0.2) is 0 Å². The fraction of sp³-hybridized carbons (Fsp3) is 0.625. The van der Waals surface area contributed by atoms with Crippen molar-refractivity contribution < 1.29 is 0 Å². The number of hydrogen-bond donors (Lipinski definition) is 1. The molecule has 3 nitrogen and oxygen atoms in total. The van der Waals surface area contributed by atoms with E-state index in [1.54, 1.807) is 0 Å². The van der Waals surface area contributed by atoms with E-state index in [1.807, 2.05) is 6.07 Å². The van der Waals surface area contributed by atoms with E-state index in [9.17, 15) is 0 Å². The molecule has 1 aromatic carbocycles. The maximum absolute atomic E-state index is 6.54. The number of hydrogen-bond acceptors (Lipinski definition) is 3. The molecule has 1 aromatic rings. The molecule has 0 aromatic heterocycles. The molecule has 0 spiro atoms. The van der Waals surface area contributed by atoms with Crippen molar-refractivity contribution in [1.82, 2.24) is 9.80 Å². The monoisotopic (exact) mass is 261 g/mol. The molecule has 1 fully saturated rings. The Balaban J connectivity index is 2.01. The van der Waals surface area contributed by atoms with E-state index >= 15 is 0 Å². The molecule has 2 unspecified atom stereocenters. The maximum Gasteiger partial charge on any atom is 0.0509 e. The highest BCUT2D eigenvalue weighted by atomic mass is 15.3. The number of benzene rings is 1. The van der Waals surface area contributed by atoms with Crippen LogP contribution >= 0.6 is 0 Å². The van der Waals surface area contributed by atoms with E-state index in [1.165, 1.54) is 12.0 Å². The Kier molecular flexibility index (Phi) is 4.61. The molecule has 1 saturated heterocycles. The number of nitrogens with two attached hydrogens (primary N) is 1. The Labute approximate surface area is 117 Å². The summed E-state index contributed by atoms with van der Waals surface area (Å²) in [5, 5.41) is 0. The molecule has 19 heavy (non-hydrogen) atoms. The fourth-order valence-electron chi connectivity index (χ4n) is 2.97. The molecule has 0 radical (unpaired) electrons. The molecular weight excluding hydrogens is 234 g/mol. The minimum absolute atomic E-state index is 0.268. The van der Waals surface area contributed by atoms with Crippen molar-refractivity contribution >= 4 is 0 Å². The van der Waals surface area contributed by atoms with E-state index in [0.717, 1.165) is 26.2 Å². The number of piperazine rings is 1. The summed E-state index contributed by atoms with van der Waals surface area (Å²) in [6, 6.07) is 11.1. The van der Waals surface area contributed by atoms with Gasteiger partial charge < -0.3 is 10.6 Å². The number of rotatable bonds is 4. The largest absolute Gasteiger partial charge is 0.321 e. The summed E-state index contributed by atoms with van der Waals surface area (Å²) in [6.07, 6.45) is 1.21. The first-order valence-electron chi connectivity index (χ1n) is 7.30. The summed E-state index contributed by atoms with van der Waals surface area (Å²) in [4.78, 5) is 4.98. The Morgan fingerprint density at radius 1 is 1.26 bits per heavy atom. The molecule has 2 atom stereocenters. The normalized spacial score (nSPS) is 25.2. The van der Waals surface area contributed by atoms with Gasteiger partial charge in [0, 0.05) is 32.2 Å². The van der Waals surface area contributed by atoms with Gasteiger partial charge >= 0.3 is 0 Å². The summed E-state index contributed by atoms with van der Waals surface area (Å²) >= 11 is 0. The molecule has 1 heterocycles. The van der Waals surface area contributed by atoms with Gasteiger partial charge in [-0.2, -0.15) is 0 Å². The first-order valence-corrected chi connectivity index (χ1v) is 7.30. The Hall–Kier alpha value is -0.900. The van der Waals surface area contributed by atoms with Gasteiger partial charge in [0.05, 0.1) is 5.54 Å². The summed E-state index contributed by atoms with van der Waals surface area (Å²) in [7, 11) is 2.23. The molecular formula is C16H27N3. The van der Waals surface area contributed by atoms with Crippen molar-refractivity contribution in [3.05, 3.63) is 35.9 Å². The molecule has 0 amide bonds. The summed E-state index contributed by atoms with van der Waals surface area (Å²) in [5.74, 6) is 0. The van der Waals surface area contributed by atoms with Crippen LogP contribution in [0.4, 0.5) is 0 Å². The zero-order valence-corrected chi connectivity index (χ0v) is 12.5. The lowest BCUT2D eigenvalue weighted by molar-refractivity contribution is 0.0780. The van der Waals surface area contributed by atoms with Gasteiger partial charge in [0.1, 0.15) is 0 Å². The van der Waals surface area contributed by atoms with Crippen LogP contribution in [-0.2, 0) is 5.54 Å². The second-order valence-electron chi connectivity index (χ2n) is 6.06. The van der Waals surface area contributed by atoms with Crippen LogP contribution in [0.1, 0.15) is 25.8 Å². The third kappa shape index (κ3) is 3.56. The quantitative estimate of drug-likeness (QED) is 0.898. The first-order chi connectivity index (χ1) is 9.03. The summed E-state index contributed by atoms with van der Waals surface area (Å²) in [5.41, 5.74) is 7.49. The predicted molar refractivity (Wildman–Crippen MR) is 81.1 cm³/mol. The van der Waals surface area contributed by atoms with Gasteiger partial charge in [-0.05, 0) is 26.0 Å². The van der Waals surface area contributed by atoms with Gasteiger partial charge in [-0.1, -0.05) is 37.3 Å². The van der Waals surface area contributed by atoms with Crippen molar-refractivity contribution in [2.75, 3.05) is 33.2 Å². The van der Waals surface area contributed by atoms with E-state index in [4.69, 9.17) is 5.73 Å². The topological polar surface area (TPSA) is 32.5 Å². The number of nitrogens with zero attached hydrogens (tertiary/aromatic N) is 2. The SMILES string of the molecule is CCC1CN(CC(C)(N)c2ccccc2)CCN1C. The zero-order valence-electron chi connectivity index (χ0n) is 12.5. The van der Waals surface area contributed by atoms with Crippen molar-refractivity contribution in [2.24, 2.45) is 5.73 Å². The molecule has 2 N–H and O–H groups in total. The lowest BCUT2D eigenvalue weighted by Crippen LogP contribution is -2.55. The van der Waals surface area contributed by atoms with Crippen LogP contribution in [0.25, 0.3) is 0 Å². The molecule has 106 valence electrons. The predicted octanol–water partition coefficient (Wildman–Crippen LogP) is 1.89. The maximum atomic E-state index is 6.54. The first kappa shape index (κ1) is 14.5. The van der Waals surface area contributed by atoms with Crippen LogP contribution in [-0.4, -0.2) is 49.1 Å². The van der Waals surface area contributed by atoms with Gasteiger partial charge in [0.15, 0.2) is 0 Å². The van der Waals surface area contributed by atoms with E-state index in [-0.39, 0.29) is 5.54 Å². The van der Waals surface area contributed by atoms with Crippen molar-refractivity contribution in [2.45, 2.75) is 31.8 Å². The Bertz CT molecular complexity index is 388. The van der Waals surface area contributed by atoms with Crippen LogP contribution in [0, 0.1) is 0 Å². The highest BCUT2D eigenvalue weighted by Crippen LogP contribution is 2.21. The van der Waals surface area contributed by atoms with Gasteiger partial charge in [-0.3, -0.25) is 4.90 Å². The van der Waals surface area contributed by atoms with Crippen LogP contribution in [0.5, 0.6) is 0 Å². The second kappa shape index (κ2) is 6.04. The molecule has 0 saturated carbocycles. The lowest BCUT2D eigenvalue weighted by atomic mass is 9.92. The van der Waals surface area contributed by atoms with Crippen molar-refractivity contribution in [1.29, 1.82) is 0 Å². The van der Waals surface area contributed by atoms with E-state index in [0.29, 0.717) is 6.04 Å². The van der Waals surface area contributed by atoms with Crippen molar-refractivity contribution in [3.8, 4) is 0 Å². The van der Waals surface area contributed by atoms with Crippen LogP contribution in [0.15, 0.2) is 30.3 Å². The third-order valence-electron chi connectivity index (χ3n) is 4.32. The Morgan fingerprint density at radius 2 is 1.95 bits per heavy atom. The van der Waals surface area contributed by atoms with E-state index < -0.39 is 0 Å². The van der Waals surface area contributed by atoms with Gasteiger partial charge in [0.2, 0.25) is 0 Å². The zero-order chi connectivity index (χ0) is 13.9. The van der Waals surface area contributed by atoms with Crippen LogP contribution < -0.4 is 5.73 Å². The van der Waals surface area contributed by atoms with Crippen LogP contribution in [0.3, 0.4) is 0 Å². The van der Waals surface area contributed by atoms with Crippen LogP contribution in [0.2, 0.25) is 0 Å². The highest BCUT2D eigenvalue weighted by molar-refractivity contribution is 5.23. The minimum atomic E-state index is -0.268. The van der Waals surface area contributed by atoms with Crippen molar-refractivity contribution in [3.63, 3.8) is 0 Å².